The summed E-state index contributed by atoms with van der Waals surface area (Å²) in [6, 6.07) is 26.5. The predicted octanol–water partition coefficient (Wildman–Crippen LogP) is 8.25. The van der Waals surface area contributed by atoms with Gasteiger partial charge in [0.15, 0.2) is 6.20 Å². The number of hydrogen-bond donors (Lipinski definition) is 0. The maximum atomic E-state index is 7.87. The minimum Gasteiger partial charge on any atom is -0.307 e. The zero-order chi connectivity index (χ0) is 25.6. The van der Waals surface area contributed by atoms with Crippen molar-refractivity contribution in [2.45, 2.75) is 33.2 Å². The first-order chi connectivity index (χ1) is 17.8. The zero-order valence-corrected chi connectivity index (χ0v) is 21.8. The summed E-state index contributed by atoms with van der Waals surface area (Å²) >= 11 is 0. The molecule has 0 atom stereocenters. The van der Waals surface area contributed by atoms with E-state index in [0.717, 1.165) is 5.56 Å². The number of aryl methyl sites for hydroxylation is 3. The van der Waals surface area contributed by atoms with E-state index in [4.69, 9.17) is 6.57 Å². The van der Waals surface area contributed by atoms with E-state index in [1.54, 1.807) is 0 Å². The summed E-state index contributed by atoms with van der Waals surface area (Å²) in [4.78, 5) is 3.98. The van der Waals surface area contributed by atoms with E-state index in [1.807, 2.05) is 13.8 Å². The van der Waals surface area contributed by atoms with Crippen LogP contribution < -0.4 is 4.57 Å². The Kier molecular flexibility index (Phi) is 4.31. The normalized spacial score (nSPS) is 12.4. The molecule has 7 aromatic rings. The van der Waals surface area contributed by atoms with Gasteiger partial charge in [0.2, 0.25) is 5.52 Å². The van der Waals surface area contributed by atoms with Crippen molar-refractivity contribution in [2.75, 3.05) is 0 Å². The zero-order valence-electron chi connectivity index (χ0n) is 21.8. The average Bonchev–Trinajstić information content (AvgIpc) is 3.23. The summed E-state index contributed by atoms with van der Waals surface area (Å²) in [5.41, 5.74) is 10.4. The fourth-order valence-electron chi connectivity index (χ4n) is 6.13. The third-order valence-electron chi connectivity index (χ3n) is 8.36. The minimum atomic E-state index is -0.602. The number of hydrogen-bond acceptors (Lipinski definition) is 0. The van der Waals surface area contributed by atoms with Crippen LogP contribution in [-0.2, 0) is 12.6 Å². The molecule has 0 aliphatic carbocycles. The van der Waals surface area contributed by atoms with E-state index in [-0.39, 0.29) is 0 Å². The van der Waals surface area contributed by atoms with Crippen molar-refractivity contribution in [3.8, 4) is 11.1 Å². The smallest absolute Gasteiger partial charge is 0.252 e. The minimum absolute atomic E-state index is 0.602. The molecule has 0 aliphatic heterocycles. The molecular weight excluding hydrogens is 450 g/mol. The van der Waals surface area contributed by atoms with Crippen LogP contribution >= 0.6 is 0 Å². The van der Waals surface area contributed by atoms with Crippen LogP contribution in [-0.4, -0.2) is 4.40 Å². The van der Waals surface area contributed by atoms with Gasteiger partial charge >= 0.3 is 0 Å². The first-order valence-electron chi connectivity index (χ1n) is 12.8. The van der Waals surface area contributed by atoms with Crippen LogP contribution in [0.15, 0.2) is 79.0 Å². The van der Waals surface area contributed by atoms with E-state index < -0.39 is 5.54 Å². The Bertz CT molecular complexity index is 2090. The molecule has 0 aliphatic rings. The highest BCUT2D eigenvalue weighted by molar-refractivity contribution is 6.26. The maximum Gasteiger partial charge on any atom is 0.252 e. The average molecular weight is 479 g/mol. The molecule has 3 aromatic heterocycles. The van der Waals surface area contributed by atoms with Gasteiger partial charge in [-0.15, -0.1) is 0 Å². The second kappa shape index (κ2) is 7.31. The van der Waals surface area contributed by atoms with E-state index in [0.29, 0.717) is 0 Å². The van der Waals surface area contributed by atoms with Gasteiger partial charge in [0.05, 0.1) is 27.3 Å². The van der Waals surface area contributed by atoms with Crippen LogP contribution in [0.5, 0.6) is 0 Å². The lowest BCUT2D eigenvalue weighted by molar-refractivity contribution is -0.643. The van der Waals surface area contributed by atoms with Crippen molar-refractivity contribution in [2.24, 2.45) is 7.05 Å². The topological polar surface area (TPSA) is 12.7 Å². The number of benzene rings is 4. The number of nitrogens with zero attached hydrogens (tertiary/aromatic N) is 3. The Morgan fingerprint density at radius 1 is 0.811 bits per heavy atom. The summed E-state index contributed by atoms with van der Waals surface area (Å²) < 4.78 is 4.73. The largest absolute Gasteiger partial charge is 0.307 e. The van der Waals surface area contributed by atoms with Crippen LogP contribution in [0, 0.1) is 20.4 Å². The highest BCUT2D eigenvalue weighted by Crippen LogP contribution is 2.43. The molecule has 3 heterocycles. The van der Waals surface area contributed by atoms with Gasteiger partial charge in [0.25, 0.3) is 5.54 Å². The molecule has 7 rings (SSSR count). The highest BCUT2D eigenvalue weighted by atomic mass is 15.0. The Morgan fingerprint density at radius 3 is 2.35 bits per heavy atom. The Labute approximate surface area is 216 Å². The fraction of sp³-hybridized carbons (Fsp3) is 0.176. The molecule has 0 spiro atoms. The van der Waals surface area contributed by atoms with Gasteiger partial charge in [-0.05, 0) is 71.8 Å². The molecule has 0 N–H and O–H groups in total. The van der Waals surface area contributed by atoms with Crippen LogP contribution in [0.1, 0.15) is 30.5 Å². The Hall–Kier alpha value is -4.42. The number of aromatic nitrogens is 2. The molecule has 3 heteroatoms. The molecule has 0 bridgehead atoms. The highest BCUT2D eigenvalue weighted by Gasteiger charge is 2.30. The van der Waals surface area contributed by atoms with Crippen molar-refractivity contribution >= 4 is 49.0 Å². The van der Waals surface area contributed by atoms with Crippen molar-refractivity contribution < 1.29 is 4.57 Å². The standard InChI is InChI=1S/C34H28N3/c1-20-16-27-26-18-23(22-10-8-7-9-11-22)12-13-28(26)37-29-19-25(34(3,4)35-5)17-24-14-15-36(6)33(31(24)29)30(21(20)2)32(27)37/h7-19H,1-4,6H3/q+1. The second-order valence-electron chi connectivity index (χ2n) is 10.9. The van der Waals surface area contributed by atoms with Crippen molar-refractivity contribution in [1.82, 2.24) is 4.40 Å². The number of fused-ring (bicyclic) bond motifs is 5. The van der Waals surface area contributed by atoms with Gasteiger partial charge in [-0.25, -0.2) is 11.1 Å². The summed E-state index contributed by atoms with van der Waals surface area (Å²) in [7, 11) is 2.15. The third-order valence-corrected chi connectivity index (χ3v) is 8.36. The van der Waals surface area contributed by atoms with Gasteiger partial charge in [-0.2, -0.15) is 0 Å². The van der Waals surface area contributed by atoms with Crippen molar-refractivity contribution in [3.05, 3.63) is 107 Å². The SMILES string of the molecule is [C-]#[N+]C(C)(C)c1cc2cc[n+](C)c3c4c(C)c(C)cc5c6cc(-c7ccccc7)ccc6n(c(c1)c23)c54. The second-order valence-corrected chi connectivity index (χ2v) is 10.9. The molecule has 0 amide bonds. The van der Waals surface area contributed by atoms with Gasteiger partial charge in [-0.3, -0.25) is 0 Å². The molecule has 0 radical (unpaired) electrons. The van der Waals surface area contributed by atoms with Crippen molar-refractivity contribution in [3.63, 3.8) is 0 Å². The third kappa shape index (κ3) is 2.84. The molecule has 0 saturated heterocycles. The van der Waals surface area contributed by atoms with Gasteiger partial charge in [0.1, 0.15) is 7.05 Å². The van der Waals surface area contributed by atoms with Gasteiger partial charge in [-0.1, -0.05) is 36.4 Å². The van der Waals surface area contributed by atoms with Crippen LogP contribution in [0.4, 0.5) is 0 Å². The van der Waals surface area contributed by atoms with Crippen LogP contribution in [0.25, 0.3) is 65.0 Å². The number of rotatable bonds is 2. The summed E-state index contributed by atoms with van der Waals surface area (Å²) in [6.07, 6.45) is 2.16. The quantitative estimate of drug-likeness (QED) is 0.103. The maximum absolute atomic E-state index is 7.87. The lowest BCUT2D eigenvalue weighted by atomic mass is 9.90. The number of pyridine rings is 2. The van der Waals surface area contributed by atoms with Crippen molar-refractivity contribution in [1.29, 1.82) is 0 Å². The van der Waals surface area contributed by atoms with E-state index >= 15 is 0 Å². The van der Waals surface area contributed by atoms with E-state index in [1.165, 1.54) is 71.3 Å². The van der Waals surface area contributed by atoms with Gasteiger partial charge in [0, 0.05) is 36.2 Å². The molecule has 0 saturated carbocycles. The summed E-state index contributed by atoms with van der Waals surface area (Å²) in [5, 5.41) is 6.29. The molecule has 4 aromatic carbocycles. The Morgan fingerprint density at radius 2 is 1.59 bits per heavy atom. The molecule has 3 nitrogen and oxygen atoms in total. The summed E-state index contributed by atoms with van der Waals surface area (Å²) in [5.74, 6) is 0. The Balaban J connectivity index is 1.78. The molecule has 0 unspecified atom stereocenters. The first-order valence-corrected chi connectivity index (χ1v) is 12.8. The monoisotopic (exact) mass is 478 g/mol. The lowest BCUT2D eigenvalue weighted by Crippen LogP contribution is -2.29. The van der Waals surface area contributed by atoms with E-state index in [2.05, 4.69) is 114 Å². The van der Waals surface area contributed by atoms with E-state index in [9.17, 15) is 0 Å². The fourth-order valence-corrected chi connectivity index (χ4v) is 6.13. The predicted molar refractivity (Wildman–Crippen MR) is 154 cm³/mol. The first kappa shape index (κ1) is 21.8. The molecule has 0 fully saturated rings. The summed E-state index contributed by atoms with van der Waals surface area (Å²) in [6.45, 7) is 16.4. The molecule has 178 valence electrons. The lowest BCUT2D eigenvalue weighted by Gasteiger charge is -2.17. The molecular formula is C34H28N3+. The van der Waals surface area contributed by atoms with Gasteiger partial charge < -0.3 is 9.25 Å². The van der Waals surface area contributed by atoms with Crippen LogP contribution in [0.3, 0.4) is 0 Å². The molecule has 37 heavy (non-hydrogen) atoms. The van der Waals surface area contributed by atoms with Crippen LogP contribution in [0.2, 0.25) is 0 Å².